The van der Waals surface area contributed by atoms with Crippen molar-refractivity contribution in [2.24, 2.45) is 0 Å². The SMILES string of the molecule is Cc1cc(CO)cc(S(=O)(=O)N(C)C)c1C. The van der Waals surface area contributed by atoms with Crippen LogP contribution < -0.4 is 0 Å². The van der Waals surface area contributed by atoms with E-state index in [0.717, 1.165) is 11.1 Å². The number of hydrogen-bond donors (Lipinski definition) is 1. The molecule has 0 saturated carbocycles. The molecule has 1 aromatic carbocycles. The van der Waals surface area contributed by atoms with Crippen molar-refractivity contribution in [3.05, 3.63) is 28.8 Å². The van der Waals surface area contributed by atoms with E-state index in [1.165, 1.54) is 24.5 Å². The monoisotopic (exact) mass is 243 g/mol. The summed E-state index contributed by atoms with van der Waals surface area (Å²) in [6.07, 6.45) is 0. The van der Waals surface area contributed by atoms with Crippen molar-refractivity contribution in [1.82, 2.24) is 4.31 Å². The highest BCUT2D eigenvalue weighted by Crippen LogP contribution is 2.23. The van der Waals surface area contributed by atoms with Crippen LogP contribution in [0, 0.1) is 13.8 Å². The number of nitrogens with zero attached hydrogens (tertiary/aromatic N) is 1. The first-order valence-corrected chi connectivity index (χ1v) is 6.38. The number of aryl methyl sites for hydroxylation is 1. The summed E-state index contributed by atoms with van der Waals surface area (Å²) in [6, 6.07) is 3.32. The summed E-state index contributed by atoms with van der Waals surface area (Å²) in [7, 11) is -0.449. The molecule has 0 bridgehead atoms. The molecule has 0 amide bonds. The molecule has 1 rings (SSSR count). The number of sulfonamides is 1. The number of benzene rings is 1. The minimum absolute atomic E-state index is 0.156. The first-order valence-electron chi connectivity index (χ1n) is 4.94. The van der Waals surface area contributed by atoms with Gasteiger partial charge in [-0.2, -0.15) is 0 Å². The standard InChI is InChI=1S/C11H17NO3S/c1-8-5-10(7-13)6-11(9(8)2)16(14,15)12(3)4/h5-6,13H,7H2,1-4H3. The second-order valence-corrected chi connectivity index (χ2v) is 6.10. The maximum atomic E-state index is 12.0. The zero-order valence-corrected chi connectivity index (χ0v) is 10.8. The van der Waals surface area contributed by atoms with Crippen molar-refractivity contribution in [2.75, 3.05) is 14.1 Å². The van der Waals surface area contributed by atoms with Gasteiger partial charge in [-0.25, -0.2) is 12.7 Å². The maximum absolute atomic E-state index is 12.0. The summed E-state index contributed by atoms with van der Waals surface area (Å²) >= 11 is 0. The van der Waals surface area contributed by atoms with Crippen LogP contribution >= 0.6 is 0 Å². The van der Waals surface area contributed by atoms with E-state index >= 15 is 0 Å². The van der Waals surface area contributed by atoms with Crippen LogP contribution in [-0.4, -0.2) is 31.9 Å². The summed E-state index contributed by atoms with van der Waals surface area (Å²) < 4.78 is 25.2. The van der Waals surface area contributed by atoms with Gasteiger partial charge in [0.05, 0.1) is 11.5 Å². The largest absolute Gasteiger partial charge is 0.392 e. The highest BCUT2D eigenvalue weighted by molar-refractivity contribution is 7.89. The Morgan fingerprint density at radius 3 is 2.25 bits per heavy atom. The average molecular weight is 243 g/mol. The van der Waals surface area contributed by atoms with Gasteiger partial charge in [-0.05, 0) is 36.6 Å². The topological polar surface area (TPSA) is 57.6 Å². The predicted molar refractivity (Wildman–Crippen MR) is 62.7 cm³/mol. The second kappa shape index (κ2) is 4.53. The molecule has 5 heteroatoms. The minimum Gasteiger partial charge on any atom is -0.392 e. The molecule has 0 radical (unpaired) electrons. The van der Waals surface area contributed by atoms with Crippen molar-refractivity contribution in [3.8, 4) is 0 Å². The molecule has 16 heavy (non-hydrogen) atoms. The maximum Gasteiger partial charge on any atom is 0.242 e. The minimum atomic E-state index is -3.44. The number of rotatable bonds is 3. The molecule has 0 fully saturated rings. The first-order chi connectivity index (χ1) is 7.30. The van der Waals surface area contributed by atoms with Gasteiger partial charge in [-0.3, -0.25) is 0 Å². The molecule has 0 aliphatic rings. The fourth-order valence-electron chi connectivity index (χ4n) is 1.45. The normalized spacial score (nSPS) is 12.1. The van der Waals surface area contributed by atoms with Gasteiger partial charge in [-0.15, -0.1) is 0 Å². The van der Waals surface area contributed by atoms with Gasteiger partial charge in [0.2, 0.25) is 10.0 Å². The fourth-order valence-corrected chi connectivity index (χ4v) is 2.70. The van der Waals surface area contributed by atoms with Crippen LogP contribution in [0.25, 0.3) is 0 Å². The van der Waals surface area contributed by atoms with Crippen LogP contribution in [0.5, 0.6) is 0 Å². The van der Waals surface area contributed by atoms with Crippen LogP contribution in [0.2, 0.25) is 0 Å². The van der Waals surface area contributed by atoms with Gasteiger partial charge in [0.25, 0.3) is 0 Å². The smallest absolute Gasteiger partial charge is 0.242 e. The molecular weight excluding hydrogens is 226 g/mol. The number of hydrogen-bond acceptors (Lipinski definition) is 3. The first kappa shape index (κ1) is 13.2. The zero-order valence-electron chi connectivity index (χ0n) is 9.98. The van der Waals surface area contributed by atoms with Crippen LogP contribution in [0.3, 0.4) is 0 Å². The highest BCUT2D eigenvalue weighted by Gasteiger charge is 2.21. The van der Waals surface area contributed by atoms with E-state index in [-0.39, 0.29) is 11.5 Å². The van der Waals surface area contributed by atoms with Crippen LogP contribution in [0.15, 0.2) is 17.0 Å². The van der Waals surface area contributed by atoms with E-state index in [1.807, 2.05) is 6.92 Å². The molecule has 4 nitrogen and oxygen atoms in total. The van der Waals surface area contributed by atoms with Gasteiger partial charge in [0, 0.05) is 14.1 Å². The summed E-state index contributed by atoms with van der Waals surface area (Å²) in [6.45, 7) is 3.45. The average Bonchev–Trinajstić information content (AvgIpc) is 2.21. The molecule has 0 saturated heterocycles. The summed E-state index contributed by atoms with van der Waals surface area (Å²) in [5.41, 5.74) is 2.21. The molecule has 0 unspecified atom stereocenters. The number of aliphatic hydroxyl groups is 1. The molecule has 0 atom stereocenters. The van der Waals surface area contributed by atoms with Crippen LogP contribution in [-0.2, 0) is 16.6 Å². The molecule has 0 spiro atoms. The molecule has 90 valence electrons. The number of aliphatic hydroxyl groups excluding tert-OH is 1. The molecule has 1 aromatic rings. The lowest BCUT2D eigenvalue weighted by Gasteiger charge is -2.16. The summed E-state index contributed by atoms with van der Waals surface area (Å²) in [4.78, 5) is 0.265. The van der Waals surface area contributed by atoms with Crippen molar-refractivity contribution >= 4 is 10.0 Å². The Hall–Kier alpha value is -0.910. The van der Waals surface area contributed by atoms with Gasteiger partial charge in [0.15, 0.2) is 0 Å². The van der Waals surface area contributed by atoms with Crippen LogP contribution in [0.1, 0.15) is 16.7 Å². The molecule has 1 N–H and O–H groups in total. The van der Waals surface area contributed by atoms with Crippen molar-refractivity contribution in [1.29, 1.82) is 0 Å². The lowest BCUT2D eigenvalue weighted by atomic mass is 10.1. The van der Waals surface area contributed by atoms with Gasteiger partial charge in [-0.1, -0.05) is 6.07 Å². The van der Waals surface area contributed by atoms with Gasteiger partial charge >= 0.3 is 0 Å². The molecule has 0 aromatic heterocycles. The van der Waals surface area contributed by atoms with Crippen molar-refractivity contribution < 1.29 is 13.5 Å². The zero-order chi connectivity index (χ0) is 12.5. The third-order valence-electron chi connectivity index (χ3n) is 2.62. The lowest BCUT2D eigenvalue weighted by molar-refractivity contribution is 0.281. The van der Waals surface area contributed by atoms with E-state index in [4.69, 9.17) is 5.11 Å². The molecule has 0 heterocycles. The Kier molecular flexibility index (Phi) is 3.72. The Morgan fingerprint density at radius 1 is 1.25 bits per heavy atom. The Balaban J connectivity index is 3.51. The Morgan fingerprint density at radius 2 is 1.81 bits per heavy atom. The quantitative estimate of drug-likeness (QED) is 0.863. The van der Waals surface area contributed by atoms with Gasteiger partial charge in [0.1, 0.15) is 0 Å². The summed E-state index contributed by atoms with van der Waals surface area (Å²) in [5.74, 6) is 0. The van der Waals surface area contributed by atoms with E-state index < -0.39 is 10.0 Å². The molecule has 0 aliphatic carbocycles. The Bertz CT molecular complexity index is 492. The van der Waals surface area contributed by atoms with Crippen molar-refractivity contribution in [2.45, 2.75) is 25.3 Å². The molecular formula is C11H17NO3S. The second-order valence-electron chi connectivity index (χ2n) is 3.98. The predicted octanol–water partition coefficient (Wildman–Crippen LogP) is 1.05. The fraction of sp³-hybridized carbons (Fsp3) is 0.455. The van der Waals surface area contributed by atoms with Gasteiger partial charge < -0.3 is 5.11 Å². The lowest BCUT2D eigenvalue weighted by Crippen LogP contribution is -2.23. The third-order valence-corrected chi connectivity index (χ3v) is 4.56. The van der Waals surface area contributed by atoms with E-state index in [2.05, 4.69) is 0 Å². The van der Waals surface area contributed by atoms with E-state index in [1.54, 1.807) is 13.0 Å². The van der Waals surface area contributed by atoms with E-state index in [9.17, 15) is 8.42 Å². The Labute approximate surface area is 96.6 Å². The van der Waals surface area contributed by atoms with Crippen molar-refractivity contribution in [3.63, 3.8) is 0 Å². The summed E-state index contributed by atoms with van der Waals surface area (Å²) in [5, 5.41) is 9.07. The highest BCUT2D eigenvalue weighted by atomic mass is 32.2. The van der Waals surface area contributed by atoms with E-state index in [0.29, 0.717) is 5.56 Å². The third kappa shape index (κ3) is 2.26. The van der Waals surface area contributed by atoms with Crippen LogP contribution in [0.4, 0.5) is 0 Å². The molecule has 0 aliphatic heterocycles.